The Kier molecular flexibility index (Phi) is 10.4. The molecule has 2 aromatic heterocycles. The Morgan fingerprint density at radius 2 is 0.375 bits per heavy atom. The van der Waals surface area contributed by atoms with Crippen LogP contribution in [0.4, 0.5) is 57.5 Å². The Hall–Kier alpha value is -11.5. The molecule has 20 rings (SSSR count). The van der Waals surface area contributed by atoms with Crippen molar-refractivity contribution in [2.24, 2.45) is 0 Å². The number of hydrogen-bond donors (Lipinski definition) is 0. The fourth-order valence-electron chi connectivity index (χ4n) is 18.4. The molecule has 42 heteroatoms. The van der Waals surface area contributed by atoms with E-state index in [9.17, 15) is 19.8 Å². The minimum atomic E-state index is -1.16. The number of unbranched alkanes of at least 4 members (excludes halogenated alkanes) is 3. The zero-order valence-electron chi connectivity index (χ0n) is 50.4. The van der Waals surface area contributed by atoms with Crippen molar-refractivity contribution in [1.82, 2.24) is 118 Å². The van der Waals surface area contributed by atoms with E-state index in [4.69, 9.17) is 0 Å². The van der Waals surface area contributed by atoms with E-state index in [1.54, 1.807) is 49.1 Å². The average Bonchev–Trinajstić information content (AvgIpc) is 1.52. The van der Waals surface area contributed by atoms with Crippen LogP contribution in [0.15, 0.2) is 49.1 Å². The van der Waals surface area contributed by atoms with Crippen LogP contribution in [-0.4, -0.2) is 356 Å². The summed E-state index contributed by atoms with van der Waals surface area (Å²) in [4.78, 5) is 235. The fraction of sp³-hybridized carbons (Fsp3) is 0.556. The largest absolute Gasteiger partial charge is 0.545 e. The molecule has 18 saturated heterocycles. The van der Waals surface area contributed by atoms with Crippen molar-refractivity contribution in [3.63, 3.8) is 0 Å². The molecule has 42 nitrogen and oxygen atoms in total. The van der Waals surface area contributed by atoms with Gasteiger partial charge in [0.25, 0.3) is 0 Å². The van der Waals surface area contributed by atoms with Crippen molar-refractivity contribution in [2.45, 2.75) is 113 Å². The zero-order chi connectivity index (χ0) is 65.6. The molecular weight excluding hydrogens is 1270 g/mol. The van der Waals surface area contributed by atoms with Gasteiger partial charge in [0.15, 0.2) is 98.8 Å². The lowest BCUT2D eigenvalue weighted by Crippen LogP contribution is -2.63. The van der Waals surface area contributed by atoms with Gasteiger partial charge in [-0.05, 0) is 12.8 Å². The number of carbonyl (C=O) groups is 14. The van der Waals surface area contributed by atoms with Crippen molar-refractivity contribution in [3.8, 4) is 0 Å². The van der Waals surface area contributed by atoms with Crippen LogP contribution in [0, 0.1) is 0 Å². The van der Waals surface area contributed by atoms with Crippen LogP contribution in [0.3, 0.4) is 0 Å². The van der Waals surface area contributed by atoms with E-state index in [1.165, 1.54) is 118 Å². The molecule has 18 aliphatic rings. The third kappa shape index (κ3) is 6.53. The number of aryl methyl sites for hydroxylation is 2. The number of hydrogen-bond acceptors (Lipinski definition) is 16. The molecule has 0 radical (unpaired) electrons. The van der Waals surface area contributed by atoms with Crippen molar-refractivity contribution in [1.29, 1.82) is 0 Å². The smallest absolute Gasteiger partial charge is 0.326 e. The number of carbonyl (C=O) groups excluding carboxylic acids is 14. The molecule has 20 heterocycles. The van der Waals surface area contributed by atoms with Crippen molar-refractivity contribution >= 4 is 84.3 Å². The summed E-state index contributed by atoms with van der Waals surface area (Å²) in [6.45, 7) is -3.79. The van der Waals surface area contributed by atoms with Gasteiger partial charge in [0, 0.05) is 48.2 Å². The topological polar surface area (TPSA) is 371 Å². The lowest BCUT2D eigenvalue weighted by molar-refractivity contribution is -0.698. The van der Waals surface area contributed by atoms with Gasteiger partial charge in [-0.25, -0.2) is 66.7 Å². The van der Waals surface area contributed by atoms with Crippen molar-refractivity contribution in [3.05, 3.63) is 60.2 Å². The van der Waals surface area contributed by atoms with Crippen LogP contribution < -0.4 is 19.3 Å². The summed E-state index contributed by atoms with van der Waals surface area (Å²) >= 11 is 0. The number of carboxylic acids is 2. The average molecular weight is 1330 g/mol. The number of aromatic nitrogens is 2. The molecule has 24 amide bonds. The van der Waals surface area contributed by atoms with E-state index < -0.39 is 238 Å². The van der Waals surface area contributed by atoms with Gasteiger partial charge in [0.2, 0.25) is 0 Å². The van der Waals surface area contributed by atoms with E-state index in [0.29, 0.717) is 0 Å². The highest BCUT2D eigenvalue weighted by Gasteiger charge is 2.76. The lowest BCUT2D eigenvalue weighted by Gasteiger charge is -2.42. The maximum absolute atomic E-state index is 15.1. The zero-order valence-corrected chi connectivity index (χ0v) is 50.4. The monoisotopic (exact) mass is 1320 g/mol. The minimum Gasteiger partial charge on any atom is -0.545 e. The summed E-state index contributed by atoms with van der Waals surface area (Å²) in [6.07, 6.45) is -2.74. The SMILES string of the molecule is O=C([O-])c1cc[n+](CCCCCC[n+]2ccc(C(=O)[O-])cc2)cc1.O=C1N2CN3C(=O)N4CN5C(=O)N6CN7C(=O)N8CN9C(=O)N%10CN%11C(=O)N%12CN1C1C2N2CN%13C(=O)N(CN%14C(=O)N(CN%15C(=O)N(CN%16C(=O)N(CN%17C(=O)N(CN1C2=O)C%12C%11%17)C%10C9%16)C8C7%15)C6C5%14)C4C3%13. The fourth-order valence-corrected chi connectivity index (χ4v) is 18.4. The molecule has 0 spiro atoms. The minimum absolute atomic E-state index is 0.188. The first-order valence-corrected chi connectivity index (χ1v) is 31.6. The number of rotatable bonds is 9. The second-order valence-electron chi connectivity index (χ2n) is 27.0. The van der Waals surface area contributed by atoms with E-state index in [2.05, 4.69) is 0 Å². The first-order valence-electron chi connectivity index (χ1n) is 31.6. The predicted molar refractivity (Wildman–Crippen MR) is 293 cm³/mol. The van der Waals surface area contributed by atoms with Crippen molar-refractivity contribution in [2.75, 3.05) is 80.0 Å². The van der Waals surface area contributed by atoms with Crippen LogP contribution in [-0.2, 0) is 13.1 Å². The first kappa shape index (κ1) is 55.0. The molecule has 0 aromatic carbocycles. The second-order valence-corrected chi connectivity index (χ2v) is 27.0. The van der Waals surface area contributed by atoms with Gasteiger partial charge in [0.05, 0.1) is 11.9 Å². The van der Waals surface area contributed by atoms with Gasteiger partial charge in [-0.1, -0.05) is 0 Å². The molecule has 0 unspecified atom stereocenters. The molecule has 0 N–H and O–H groups in total. The van der Waals surface area contributed by atoms with Crippen LogP contribution in [0.25, 0.3) is 0 Å². The summed E-state index contributed by atoms with van der Waals surface area (Å²) in [5, 5.41) is 21.3. The highest BCUT2D eigenvalue weighted by Crippen LogP contribution is 2.51. The summed E-state index contributed by atoms with van der Waals surface area (Å²) < 4.78 is 3.92. The Labute approximate surface area is 539 Å². The highest BCUT2D eigenvalue weighted by molar-refractivity contribution is 5.95. The Balaban J connectivity index is 0.000000224. The van der Waals surface area contributed by atoms with Gasteiger partial charge in [0.1, 0.15) is 93.1 Å². The molecule has 0 bridgehead atoms. The van der Waals surface area contributed by atoms with E-state index in [-0.39, 0.29) is 11.1 Å². The van der Waals surface area contributed by atoms with Crippen LogP contribution in [0.1, 0.15) is 46.4 Å². The van der Waals surface area contributed by atoms with Gasteiger partial charge in [-0.2, -0.15) is 0 Å². The lowest BCUT2D eigenvalue weighted by atomic mass is 10.2. The summed E-state index contributed by atoms with van der Waals surface area (Å²) in [5.74, 6) is -2.32. The number of aromatic carboxylic acids is 2. The van der Waals surface area contributed by atoms with Crippen LogP contribution in [0.2, 0.25) is 0 Å². The third-order valence-electron chi connectivity index (χ3n) is 22.7. The van der Waals surface area contributed by atoms with Gasteiger partial charge in [-0.3, -0.25) is 118 Å². The second kappa shape index (κ2) is 18.2. The first-order chi connectivity index (χ1) is 46.3. The van der Waals surface area contributed by atoms with E-state index in [0.717, 1.165) is 38.8 Å². The number of carboxylic acid groups (broad SMARTS) is 2. The summed E-state index contributed by atoms with van der Waals surface area (Å²) in [6, 6.07) is -1.72. The van der Waals surface area contributed by atoms with Crippen LogP contribution in [0.5, 0.6) is 0 Å². The summed E-state index contributed by atoms with van der Waals surface area (Å²) in [5.41, 5.74) is 0.376. The quantitative estimate of drug-likeness (QED) is 0.166. The summed E-state index contributed by atoms with van der Waals surface area (Å²) in [7, 11) is 0. The molecule has 498 valence electrons. The molecule has 18 aliphatic heterocycles. The molecule has 0 atom stereocenters. The number of nitrogens with zero attached hydrogens (tertiary/aromatic N) is 26. The molecular formula is C54H56N26O16. The highest BCUT2D eigenvalue weighted by atomic mass is 16.4. The standard InChI is InChI=1S/C36H36N24O12.C18H20N2O4/c61-25-37-1-38-14-16-42(26(38)62)4-46-18-20-50(30(46)66)8-54-22-24-58(34(54)70)11-57-23-21-53(33(57)69)7-49-19-17-45(29(49)65)3-41(25)15-13(37)39-2-40(14)28(64)44(16)6-48(18)32(68)52(20)10-56(22)36(72)60(24)12-59(23)35(71)55(21)9-51(19)31(67)47(17)5-43(15)27(39)63;21-17(22)15-5-11-19(12-6-15)9-3-1-2-4-10-20-13-7-16(8-14-20)18(23)24/h13-24H,1-12H2;5-8,11-14H,1-4,9-10H2. The van der Waals surface area contributed by atoms with Gasteiger partial charge in [-0.15, -0.1) is 0 Å². The molecule has 0 aliphatic carbocycles. The number of pyridine rings is 2. The molecule has 0 saturated carbocycles. The number of urea groups is 12. The molecule has 18 fully saturated rings. The third-order valence-corrected chi connectivity index (χ3v) is 22.7. The molecule has 96 heavy (non-hydrogen) atoms. The van der Waals surface area contributed by atoms with Gasteiger partial charge >= 0.3 is 72.4 Å². The maximum Gasteiger partial charge on any atom is 0.326 e. The van der Waals surface area contributed by atoms with Crippen molar-refractivity contribution < 1.29 is 86.5 Å². The number of amides is 24. The molecule has 2 aromatic rings. The van der Waals surface area contributed by atoms with Gasteiger partial charge < -0.3 is 19.8 Å². The van der Waals surface area contributed by atoms with Crippen LogP contribution >= 0.6 is 0 Å². The van der Waals surface area contributed by atoms with E-state index in [1.807, 2.05) is 9.13 Å². The van der Waals surface area contributed by atoms with E-state index >= 15 is 57.5 Å². The Morgan fingerprint density at radius 1 is 0.250 bits per heavy atom. The predicted octanol–water partition coefficient (Wildman–Crippen LogP) is -6.41. The Morgan fingerprint density at radius 3 is 0.490 bits per heavy atom. The normalized spacial score (nSPS) is 32.9. The Bertz CT molecular complexity index is 3170. The maximum atomic E-state index is 15.1.